The smallest absolute Gasteiger partial charge is 0.271 e. The molecule has 0 aliphatic carbocycles. The molecule has 6 heteroatoms. The maximum absolute atomic E-state index is 11.8. The van der Waals surface area contributed by atoms with Crippen LogP contribution >= 0.6 is 0 Å². The molecule has 2 N–H and O–H groups in total. The van der Waals surface area contributed by atoms with Gasteiger partial charge in [0.05, 0.1) is 0 Å². The molecule has 0 atom stereocenters. The molecule has 106 valence electrons. The molecule has 0 saturated heterocycles. The molecule has 0 spiro atoms. The molecule has 1 rings (SSSR count). The molecular formula is C13H23N5O. The zero-order valence-corrected chi connectivity index (χ0v) is 12.3. The summed E-state index contributed by atoms with van der Waals surface area (Å²) in [5.41, 5.74) is 0.252. The Kier molecular flexibility index (Phi) is 5.23. The summed E-state index contributed by atoms with van der Waals surface area (Å²) in [7, 11) is 3.91. The second kappa shape index (κ2) is 6.47. The minimum Gasteiger partial charge on any atom is -0.364 e. The van der Waals surface area contributed by atoms with Gasteiger partial charge in [0.15, 0.2) is 5.69 Å². The first kappa shape index (κ1) is 15.4. The molecule has 1 heterocycles. The van der Waals surface area contributed by atoms with Crippen LogP contribution in [0.4, 0.5) is 5.82 Å². The second-order valence-electron chi connectivity index (χ2n) is 5.74. The van der Waals surface area contributed by atoms with E-state index in [1.165, 1.54) is 0 Å². The standard InChI is InChI=1S/C13H23N5O/c1-13(2,3)15-11-7-6-10(16-17-11)12(19)14-8-9-18(4)5/h6-7H,8-9H2,1-5H3,(H,14,19)(H,15,17). The first-order valence-corrected chi connectivity index (χ1v) is 6.33. The maximum Gasteiger partial charge on any atom is 0.271 e. The van der Waals surface area contributed by atoms with Crippen LogP contribution in [0.3, 0.4) is 0 Å². The van der Waals surface area contributed by atoms with Crippen LogP contribution in [0.25, 0.3) is 0 Å². The molecule has 0 aliphatic rings. The molecule has 0 aliphatic heterocycles. The highest BCUT2D eigenvalue weighted by molar-refractivity contribution is 5.92. The quantitative estimate of drug-likeness (QED) is 0.830. The van der Waals surface area contributed by atoms with E-state index in [0.29, 0.717) is 18.1 Å². The molecule has 19 heavy (non-hydrogen) atoms. The van der Waals surface area contributed by atoms with Crippen LogP contribution in [0, 0.1) is 0 Å². The Balaban J connectivity index is 2.53. The third-order valence-electron chi connectivity index (χ3n) is 2.24. The van der Waals surface area contributed by atoms with Crippen LogP contribution in [0.1, 0.15) is 31.3 Å². The van der Waals surface area contributed by atoms with E-state index in [1.807, 2.05) is 39.8 Å². The summed E-state index contributed by atoms with van der Waals surface area (Å²) in [5, 5.41) is 13.9. The Bertz CT molecular complexity index is 408. The van der Waals surface area contributed by atoms with Crippen molar-refractivity contribution >= 4 is 11.7 Å². The lowest BCUT2D eigenvalue weighted by atomic mass is 10.1. The van der Waals surface area contributed by atoms with E-state index in [2.05, 4.69) is 20.8 Å². The fraction of sp³-hybridized carbons (Fsp3) is 0.615. The van der Waals surface area contributed by atoms with Crippen LogP contribution in [0.15, 0.2) is 12.1 Å². The largest absolute Gasteiger partial charge is 0.364 e. The zero-order chi connectivity index (χ0) is 14.5. The van der Waals surface area contributed by atoms with Crippen molar-refractivity contribution in [2.45, 2.75) is 26.3 Å². The van der Waals surface area contributed by atoms with Gasteiger partial charge in [-0.3, -0.25) is 4.79 Å². The van der Waals surface area contributed by atoms with Crippen LogP contribution in [0.5, 0.6) is 0 Å². The van der Waals surface area contributed by atoms with E-state index in [0.717, 1.165) is 6.54 Å². The van der Waals surface area contributed by atoms with Gasteiger partial charge >= 0.3 is 0 Å². The molecule has 6 nitrogen and oxygen atoms in total. The number of anilines is 1. The highest BCUT2D eigenvalue weighted by Crippen LogP contribution is 2.10. The highest BCUT2D eigenvalue weighted by atomic mass is 16.1. The minimum absolute atomic E-state index is 0.0792. The monoisotopic (exact) mass is 265 g/mol. The number of carbonyl (C=O) groups excluding carboxylic acids is 1. The first-order chi connectivity index (χ1) is 8.78. The van der Waals surface area contributed by atoms with E-state index >= 15 is 0 Å². The van der Waals surface area contributed by atoms with E-state index in [1.54, 1.807) is 12.1 Å². The topological polar surface area (TPSA) is 70.2 Å². The number of likely N-dealkylation sites (N-methyl/N-ethyl adjacent to an activating group) is 1. The van der Waals surface area contributed by atoms with Gasteiger partial charge in [-0.05, 0) is 47.0 Å². The predicted molar refractivity (Wildman–Crippen MR) is 76.3 cm³/mol. The number of nitrogens with zero attached hydrogens (tertiary/aromatic N) is 3. The Morgan fingerprint density at radius 1 is 1.26 bits per heavy atom. The molecule has 0 saturated carbocycles. The zero-order valence-electron chi connectivity index (χ0n) is 12.3. The molecule has 1 aromatic heterocycles. The molecule has 1 aromatic rings. The average Bonchev–Trinajstić information content (AvgIpc) is 2.27. The number of aromatic nitrogens is 2. The van der Waals surface area contributed by atoms with Gasteiger partial charge in [-0.1, -0.05) is 0 Å². The summed E-state index contributed by atoms with van der Waals surface area (Å²) >= 11 is 0. The van der Waals surface area contributed by atoms with Crippen molar-refractivity contribution in [3.63, 3.8) is 0 Å². The van der Waals surface area contributed by atoms with Gasteiger partial charge in [-0.25, -0.2) is 0 Å². The average molecular weight is 265 g/mol. The molecular weight excluding hydrogens is 242 g/mol. The first-order valence-electron chi connectivity index (χ1n) is 6.33. The summed E-state index contributed by atoms with van der Waals surface area (Å²) in [4.78, 5) is 13.8. The lowest BCUT2D eigenvalue weighted by molar-refractivity contribution is 0.0945. The van der Waals surface area contributed by atoms with E-state index < -0.39 is 0 Å². The molecule has 0 aromatic carbocycles. The summed E-state index contributed by atoms with van der Waals surface area (Å²) in [6, 6.07) is 3.44. The van der Waals surface area contributed by atoms with Crippen molar-refractivity contribution in [2.75, 3.05) is 32.5 Å². The number of nitrogens with one attached hydrogen (secondary N) is 2. The molecule has 0 radical (unpaired) electrons. The predicted octanol–water partition coefficient (Wildman–Crippen LogP) is 0.978. The van der Waals surface area contributed by atoms with Crippen molar-refractivity contribution in [2.24, 2.45) is 0 Å². The SMILES string of the molecule is CN(C)CCNC(=O)c1ccc(NC(C)(C)C)nn1. The number of rotatable bonds is 5. The summed E-state index contributed by atoms with van der Waals surface area (Å²) in [5.74, 6) is 0.467. The Labute approximate surface area is 114 Å². The van der Waals surface area contributed by atoms with Crippen LogP contribution in [-0.4, -0.2) is 53.7 Å². The summed E-state index contributed by atoms with van der Waals surface area (Å²) < 4.78 is 0. The van der Waals surface area contributed by atoms with Gasteiger partial charge in [-0.15, -0.1) is 10.2 Å². The van der Waals surface area contributed by atoms with Gasteiger partial charge in [0, 0.05) is 18.6 Å². The van der Waals surface area contributed by atoms with Crippen molar-refractivity contribution in [3.8, 4) is 0 Å². The van der Waals surface area contributed by atoms with Gasteiger partial charge < -0.3 is 15.5 Å². The van der Waals surface area contributed by atoms with Gasteiger partial charge in [0.1, 0.15) is 5.82 Å². The van der Waals surface area contributed by atoms with E-state index in [4.69, 9.17) is 0 Å². The Hall–Kier alpha value is -1.69. The van der Waals surface area contributed by atoms with Gasteiger partial charge in [0.25, 0.3) is 5.91 Å². The van der Waals surface area contributed by atoms with E-state index in [-0.39, 0.29) is 11.4 Å². The third-order valence-corrected chi connectivity index (χ3v) is 2.24. The van der Waals surface area contributed by atoms with Crippen LogP contribution < -0.4 is 10.6 Å². The minimum atomic E-state index is -0.198. The van der Waals surface area contributed by atoms with Crippen molar-refractivity contribution in [1.82, 2.24) is 20.4 Å². The number of carbonyl (C=O) groups is 1. The number of hydrogen-bond acceptors (Lipinski definition) is 5. The van der Waals surface area contributed by atoms with Crippen molar-refractivity contribution in [3.05, 3.63) is 17.8 Å². The second-order valence-corrected chi connectivity index (χ2v) is 5.74. The number of hydrogen-bond donors (Lipinski definition) is 2. The lowest BCUT2D eigenvalue weighted by Crippen LogP contribution is -2.32. The molecule has 1 amide bonds. The number of amides is 1. The summed E-state index contributed by atoms with van der Waals surface area (Å²) in [6.45, 7) is 7.50. The van der Waals surface area contributed by atoms with Crippen LogP contribution in [-0.2, 0) is 0 Å². The van der Waals surface area contributed by atoms with E-state index in [9.17, 15) is 4.79 Å². The molecule has 0 unspecified atom stereocenters. The summed E-state index contributed by atoms with van der Waals surface area (Å²) in [6.07, 6.45) is 0. The maximum atomic E-state index is 11.8. The normalized spacial score (nSPS) is 11.5. The highest BCUT2D eigenvalue weighted by Gasteiger charge is 2.12. The third kappa shape index (κ3) is 6.15. The van der Waals surface area contributed by atoms with Gasteiger partial charge in [0.2, 0.25) is 0 Å². The van der Waals surface area contributed by atoms with Gasteiger partial charge in [-0.2, -0.15) is 0 Å². The fourth-order valence-electron chi connectivity index (χ4n) is 1.39. The molecule has 0 fully saturated rings. The fourth-order valence-corrected chi connectivity index (χ4v) is 1.39. The van der Waals surface area contributed by atoms with Crippen LogP contribution in [0.2, 0.25) is 0 Å². The van der Waals surface area contributed by atoms with Crippen molar-refractivity contribution < 1.29 is 4.79 Å². The Morgan fingerprint density at radius 3 is 2.42 bits per heavy atom. The lowest BCUT2D eigenvalue weighted by Gasteiger charge is -2.20. The Morgan fingerprint density at radius 2 is 1.95 bits per heavy atom. The van der Waals surface area contributed by atoms with Crippen molar-refractivity contribution in [1.29, 1.82) is 0 Å². The molecule has 0 bridgehead atoms.